The van der Waals surface area contributed by atoms with Crippen molar-refractivity contribution in [2.75, 3.05) is 0 Å². The van der Waals surface area contributed by atoms with Crippen LogP contribution in [0.15, 0.2) is 11.6 Å². The monoisotopic (exact) mass is 264 g/mol. The molecule has 6 atom stereocenters. The summed E-state index contributed by atoms with van der Waals surface area (Å²) in [5, 5.41) is 0. The Balaban J connectivity index is 1.87. The molecular formula is C15H20O4. The summed E-state index contributed by atoms with van der Waals surface area (Å²) in [6.07, 6.45) is 5.08. The van der Waals surface area contributed by atoms with Crippen molar-refractivity contribution < 1.29 is 19.3 Å². The van der Waals surface area contributed by atoms with E-state index >= 15 is 0 Å². The third-order valence-corrected chi connectivity index (χ3v) is 5.95. The highest BCUT2D eigenvalue weighted by atomic mass is 17.2. The van der Waals surface area contributed by atoms with Crippen LogP contribution in [0.3, 0.4) is 0 Å². The van der Waals surface area contributed by atoms with Gasteiger partial charge in [-0.2, -0.15) is 0 Å². The van der Waals surface area contributed by atoms with Gasteiger partial charge < -0.3 is 4.74 Å². The van der Waals surface area contributed by atoms with Crippen molar-refractivity contribution in [3.8, 4) is 0 Å². The molecule has 5 aliphatic rings. The molecule has 3 heterocycles. The van der Waals surface area contributed by atoms with E-state index in [0.29, 0.717) is 0 Å². The molecule has 2 saturated heterocycles. The zero-order valence-electron chi connectivity index (χ0n) is 11.6. The summed E-state index contributed by atoms with van der Waals surface area (Å²) in [4.78, 5) is 23.3. The molecule has 2 bridgehead atoms. The number of ether oxygens (including phenoxy) is 1. The molecule has 1 saturated carbocycles. The summed E-state index contributed by atoms with van der Waals surface area (Å²) in [6, 6.07) is 0. The first-order chi connectivity index (χ1) is 8.98. The number of esters is 1. The number of carbonyl (C=O) groups excluding carboxylic acids is 1. The molecule has 4 heteroatoms. The van der Waals surface area contributed by atoms with E-state index in [2.05, 4.69) is 19.9 Å². The van der Waals surface area contributed by atoms with Crippen molar-refractivity contribution in [1.29, 1.82) is 0 Å². The number of carbonyl (C=O) groups is 1. The van der Waals surface area contributed by atoms with E-state index in [0.717, 1.165) is 19.3 Å². The molecule has 4 nitrogen and oxygen atoms in total. The predicted octanol–water partition coefficient (Wildman–Crippen LogP) is 2.38. The maximum absolute atomic E-state index is 12.0. The highest BCUT2D eigenvalue weighted by Gasteiger charge is 2.70. The molecule has 0 N–H and O–H groups in total. The van der Waals surface area contributed by atoms with E-state index in [9.17, 15) is 4.79 Å². The zero-order valence-corrected chi connectivity index (χ0v) is 11.6. The number of hydrogen-bond acceptors (Lipinski definition) is 4. The Kier molecular flexibility index (Phi) is 2.14. The fraction of sp³-hybridized carbons (Fsp3) is 0.800. The van der Waals surface area contributed by atoms with Crippen LogP contribution in [0, 0.1) is 17.3 Å². The van der Waals surface area contributed by atoms with Gasteiger partial charge in [-0.05, 0) is 31.8 Å². The van der Waals surface area contributed by atoms with Gasteiger partial charge in [0.05, 0.1) is 5.92 Å². The topological polar surface area (TPSA) is 44.8 Å². The predicted molar refractivity (Wildman–Crippen MR) is 66.9 cm³/mol. The van der Waals surface area contributed by atoms with Gasteiger partial charge in [-0.15, -0.1) is 0 Å². The first kappa shape index (κ1) is 11.9. The molecule has 5 rings (SSSR count). The highest BCUT2D eigenvalue weighted by Crippen LogP contribution is 2.63. The molecule has 104 valence electrons. The first-order valence-electron chi connectivity index (χ1n) is 7.22. The van der Waals surface area contributed by atoms with Crippen LogP contribution in [-0.4, -0.2) is 23.8 Å². The Hall–Kier alpha value is -0.870. The molecule has 0 aromatic heterocycles. The number of rotatable bonds is 0. The van der Waals surface area contributed by atoms with E-state index in [-0.39, 0.29) is 35.4 Å². The minimum absolute atomic E-state index is 0.0141. The van der Waals surface area contributed by atoms with Crippen molar-refractivity contribution in [2.24, 2.45) is 17.3 Å². The van der Waals surface area contributed by atoms with Gasteiger partial charge in [0.2, 0.25) is 0 Å². The summed E-state index contributed by atoms with van der Waals surface area (Å²) in [6.45, 7) is 6.32. The van der Waals surface area contributed by atoms with Crippen LogP contribution in [0.25, 0.3) is 0 Å². The van der Waals surface area contributed by atoms with E-state index in [1.807, 2.05) is 6.92 Å². The fourth-order valence-electron chi connectivity index (χ4n) is 4.83. The quantitative estimate of drug-likeness (QED) is 0.383. The van der Waals surface area contributed by atoms with Gasteiger partial charge in [0.15, 0.2) is 5.60 Å². The zero-order chi connectivity index (χ0) is 13.4. The van der Waals surface area contributed by atoms with Crippen molar-refractivity contribution in [3.63, 3.8) is 0 Å². The van der Waals surface area contributed by atoms with Crippen molar-refractivity contribution in [3.05, 3.63) is 11.6 Å². The Morgan fingerprint density at radius 2 is 2.21 bits per heavy atom. The van der Waals surface area contributed by atoms with Gasteiger partial charge in [0.1, 0.15) is 12.2 Å². The summed E-state index contributed by atoms with van der Waals surface area (Å²) < 4.78 is 5.72. The fourth-order valence-corrected chi connectivity index (χ4v) is 4.83. The standard InChI is InChI=1S/C15H20O4/c1-8-6-10-7-14(3)5-4-11-9(2)13(16)17-12(11)15(8,14)19-18-10/h6,9-12H,4-5,7H2,1-3H3/t9-,10?,11-,12-,14-,15?/m0/s1. The SMILES string of the molecule is CC1=CC2C[C@]3(C)CC[C@H]4[C@H](C)C(=O)O[C@@H]4C13OO2. The molecule has 0 amide bonds. The molecule has 3 fully saturated rings. The maximum atomic E-state index is 12.0. The average molecular weight is 264 g/mol. The number of hydrogen-bond donors (Lipinski definition) is 0. The summed E-state index contributed by atoms with van der Waals surface area (Å²) >= 11 is 0. The van der Waals surface area contributed by atoms with Crippen molar-refractivity contribution in [2.45, 2.75) is 57.8 Å². The minimum atomic E-state index is -0.564. The van der Waals surface area contributed by atoms with Crippen LogP contribution in [-0.2, 0) is 19.3 Å². The minimum Gasteiger partial charge on any atom is -0.458 e. The van der Waals surface area contributed by atoms with Crippen LogP contribution >= 0.6 is 0 Å². The molecule has 3 aliphatic heterocycles. The average Bonchev–Trinajstić information content (AvgIpc) is 2.65. The van der Waals surface area contributed by atoms with Gasteiger partial charge in [-0.1, -0.05) is 19.9 Å². The van der Waals surface area contributed by atoms with Crippen LogP contribution in [0.1, 0.15) is 40.0 Å². The molecule has 0 radical (unpaired) electrons. The maximum Gasteiger partial charge on any atom is 0.309 e. The third kappa shape index (κ3) is 1.20. The molecule has 0 aromatic carbocycles. The molecule has 2 unspecified atom stereocenters. The van der Waals surface area contributed by atoms with E-state index < -0.39 is 5.60 Å². The van der Waals surface area contributed by atoms with E-state index in [1.165, 1.54) is 5.57 Å². The van der Waals surface area contributed by atoms with Crippen molar-refractivity contribution >= 4 is 5.97 Å². The Labute approximate surface area is 113 Å². The largest absolute Gasteiger partial charge is 0.458 e. The van der Waals surface area contributed by atoms with Crippen LogP contribution < -0.4 is 0 Å². The van der Waals surface area contributed by atoms with Crippen LogP contribution in [0.4, 0.5) is 0 Å². The second-order valence-corrected chi connectivity index (χ2v) is 6.92. The molecule has 2 aliphatic carbocycles. The van der Waals surface area contributed by atoms with Gasteiger partial charge >= 0.3 is 5.97 Å². The summed E-state index contributed by atoms with van der Waals surface area (Å²) in [5.74, 6) is 0.139. The van der Waals surface area contributed by atoms with Crippen LogP contribution in [0.5, 0.6) is 0 Å². The third-order valence-electron chi connectivity index (χ3n) is 5.95. The second kappa shape index (κ2) is 3.41. The normalized spacial score (nSPS) is 55.3. The van der Waals surface area contributed by atoms with Gasteiger partial charge in [0.25, 0.3) is 0 Å². The lowest BCUT2D eigenvalue weighted by Gasteiger charge is -2.60. The van der Waals surface area contributed by atoms with Gasteiger partial charge in [0, 0.05) is 11.3 Å². The van der Waals surface area contributed by atoms with E-state index in [4.69, 9.17) is 14.5 Å². The summed E-state index contributed by atoms with van der Waals surface area (Å²) in [7, 11) is 0. The Bertz CT molecular complexity index is 485. The molecule has 1 spiro atoms. The lowest BCUT2D eigenvalue weighted by molar-refractivity contribution is -0.451. The van der Waals surface area contributed by atoms with E-state index in [1.54, 1.807) is 0 Å². The molecule has 19 heavy (non-hydrogen) atoms. The summed E-state index contributed by atoms with van der Waals surface area (Å²) in [5.41, 5.74) is 0.625. The second-order valence-electron chi connectivity index (χ2n) is 6.92. The lowest BCUT2D eigenvalue weighted by atomic mass is 9.52. The Morgan fingerprint density at radius 3 is 2.95 bits per heavy atom. The smallest absolute Gasteiger partial charge is 0.309 e. The molecular weight excluding hydrogens is 244 g/mol. The van der Waals surface area contributed by atoms with Crippen molar-refractivity contribution in [1.82, 2.24) is 0 Å². The van der Waals surface area contributed by atoms with Gasteiger partial charge in [-0.3, -0.25) is 4.79 Å². The Morgan fingerprint density at radius 1 is 1.42 bits per heavy atom. The van der Waals surface area contributed by atoms with Gasteiger partial charge in [-0.25, -0.2) is 9.78 Å². The molecule has 0 aromatic rings. The number of fused-ring (bicyclic) bond motifs is 2. The highest BCUT2D eigenvalue weighted by molar-refractivity contribution is 5.75. The lowest BCUT2D eigenvalue weighted by Crippen LogP contribution is -2.68. The van der Waals surface area contributed by atoms with Crippen LogP contribution in [0.2, 0.25) is 0 Å². The first-order valence-corrected chi connectivity index (χ1v) is 7.22.